The quantitative estimate of drug-likeness (QED) is 0.797. The zero-order chi connectivity index (χ0) is 10.8. The van der Waals surface area contributed by atoms with Crippen LogP contribution in [0.15, 0.2) is 4.42 Å². The predicted molar refractivity (Wildman–Crippen MR) is 57.5 cm³/mol. The van der Waals surface area contributed by atoms with Gasteiger partial charge < -0.3 is 15.1 Å². The van der Waals surface area contributed by atoms with Crippen LogP contribution in [0.4, 0.5) is 6.01 Å². The second-order valence-corrected chi connectivity index (χ2v) is 4.38. The molecule has 0 aromatic carbocycles. The van der Waals surface area contributed by atoms with Gasteiger partial charge in [0.1, 0.15) is 0 Å². The number of anilines is 1. The number of hydrogen-bond donors (Lipinski definition) is 1. The molecule has 15 heavy (non-hydrogen) atoms. The molecule has 0 bridgehead atoms. The van der Waals surface area contributed by atoms with Crippen LogP contribution in [0.3, 0.4) is 0 Å². The lowest BCUT2D eigenvalue weighted by molar-refractivity contribution is 0.399. The largest absolute Gasteiger partial charge is 0.406 e. The van der Waals surface area contributed by atoms with Crippen molar-refractivity contribution in [2.24, 2.45) is 11.7 Å². The summed E-state index contributed by atoms with van der Waals surface area (Å²) in [5.41, 5.74) is 5.66. The molecule has 0 saturated carbocycles. The van der Waals surface area contributed by atoms with Gasteiger partial charge in [-0.25, -0.2) is 0 Å². The van der Waals surface area contributed by atoms with Crippen LogP contribution in [0.5, 0.6) is 0 Å². The van der Waals surface area contributed by atoms with Gasteiger partial charge in [0, 0.05) is 13.1 Å². The van der Waals surface area contributed by atoms with E-state index in [0.717, 1.165) is 19.0 Å². The van der Waals surface area contributed by atoms with Crippen LogP contribution >= 0.6 is 0 Å². The van der Waals surface area contributed by atoms with Crippen LogP contribution in [0, 0.1) is 5.92 Å². The van der Waals surface area contributed by atoms with Crippen molar-refractivity contribution in [1.82, 2.24) is 10.2 Å². The highest BCUT2D eigenvalue weighted by molar-refractivity contribution is 5.24. The van der Waals surface area contributed by atoms with Crippen molar-refractivity contribution < 1.29 is 4.42 Å². The van der Waals surface area contributed by atoms with Crippen LogP contribution in [-0.2, 0) is 0 Å². The molecule has 1 aromatic heterocycles. The molecule has 1 saturated heterocycles. The number of nitrogens with two attached hydrogens (primary N) is 1. The van der Waals surface area contributed by atoms with Crippen LogP contribution < -0.4 is 10.6 Å². The molecule has 1 fully saturated rings. The van der Waals surface area contributed by atoms with Gasteiger partial charge in [-0.3, -0.25) is 0 Å². The lowest BCUT2D eigenvalue weighted by Crippen LogP contribution is -2.32. The molecule has 84 valence electrons. The summed E-state index contributed by atoms with van der Waals surface area (Å²) in [6.07, 6.45) is 2.38. The first kappa shape index (κ1) is 10.4. The molecule has 2 heterocycles. The number of aromatic nitrogens is 2. The third-order valence-corrected chi connectivity index (χ3v) is 2.87. The Bertz CT molecular complexity index is 315. The third kappa shape index (κ3) is 2.28. The SMILES string of the molecule is CC1CCN(c2nnc(C(C)N)o2)CC1. The molecular weight excluding hydrogens is 192 g/mol. The van der Waals surface area contributed by atoms with Crippen LogP contribution in [-0.4, -0.2) is 23.3 Å². The van der Waals surface area contributed by atoms with Crippen molar-refractivity contribution in [1.29, 1.82) is 0 Å². The van der Waals surface area contributed by atoms with Crippen molar-refractivity contribution in [2.45, 2.75) is 32.7 Å². The topological polar surface area (TPSA) is 68.2 Å². The third-order valence-electron chi connectivity index (χ3n) is 2.87. The fraction of sp³-hybridized carbons (Fsp3) is 0.800. The average Bonchev–Trinajstić information content (AvgIpc) is 2.68. The van der Waals surface area contributed by atoms with Crippen molar-refractivity contribution in [3.8, 4) is 0 Å². The standard InChI is InChI=1S/C10H18N4O/c1-7-3-5-14(6-4-7)10-13-12-9(15-10)8(2)11/h7-8H,3-6,11H2,1-2H3. The minimum Gasteiger partial charge on any atom is -0.406 e. The number of piperidine rings is 1. The van der Waals surface area contributed by atoms with E-state index in [1.54, 1.807) is 0 Å². The van der Waals surface area contributed by atoms with Crippen molar-refractivity contribution in [3.63, 3.8) is 0 Å². The van der Waals surface area contributed by atoms with Crippen molar-refractivity contribution in [2.75, 3.05) is 18.0 Å². The van der Waals surface area contributed by atoms with Crippen molar-refractivity contribution >= 4 is 6.01 Å². The van der Waals surface area contributed by atoms with Gasteiger partial charge in [-0.15, -0.1) is 5.10 Å². The van der Waals surface area contributed by atoms with Gasteiger partial charge in [-0.1, -0.05) is 12.0 Å². The Morgan fingerprint density at radius 3 is 2.60 bits per heavy atom. The first-order valence-electron chi connectivity index (χ1n) is 5.50. The molecule has 2 N–H and O–H groups in total. The predicted octanol–water partition coefficient (Wildman–Crippen LogP) is 1.33. The van der Waals surface area contributed by atoms with Gasteiger partial charge in [0.2, 0.25) is 5.89 Å². The van der Waals surface area contributed by atoms with E-state index in [4.69, 9.17) is 10.2 Å². The molecule has 1 atom stereocenters. The molecule has 0 spiro atoms. The van der Waals surface area contributed by atoms with Gasteiger partial charge in [-0.2, -0.15) is 0 Å². The van der Waals surface area contributed by atoms with Crippen LogP contribution in [0.2, 0.25) is 0 Å². The Morgan fingerprint density at radius 1 is 1.40 bits per heavy atom. The average molecular weight is 210 g/mol. The molecule has 5 heteroatoms. The minimum atomic E-state index is -0.185. The fourth-order valence-corrected chi connectivity index (χ4v) is 1.74. The summed E-state index contributed by atoms with van der Waals surface area (Å²) in [6, 6.07) is 0.434. The Morgan fingerprint density at radius 2 is 2.07 bits per heavy atom. The molecule has 1 aliphatic rings. The summed E-state index contributed by atoms with van der Waals surface area (Å²) < 4.78 is 5.50. The molecule has 0 radical (unpaired) electrons. The lowest BCUT2D eigenvalue weighted by atomic mass is 10.00. The van der Waals surface area contributed by atoms with Gasteiger partial charge in [0.05, 0.1) is 6.04 Å². The zero-order valence-electron chi connectivity index (χ0n) is 9.31. The highest BCUT2D eigenvalue weighted by Gasteiger charge is 2.21. The van der Waals surface area contributed by atoms with E-state index in [2.05, 4.69) is 22.0 Å². The maximum atomic E-state index is 5.66. The van der Waals surface area contributed by atoms with E-state index in [1.807, 2.05) is 6.92 Å². The first-order valence-corrected chi connectivity index (χ1v) is 5.50. The van der Waals surface area contributed by atoms with Crippen LogP contribution in [0.1, 0.15) is 38.6 Å². The first-order chi connectivity index (χ1) is 7.16. The molecule has 5 nitrogen and oxygen atoms in total. The molecule has 1 aromatic rings. The highest BCUT2D eigenvalue weighted by atomic mass is 16.4. The Kier molecular flexibility index (Phi) is 2.90. The van der Waals surface area contributed by atoms with E-state index in [1.165, 1.54) is 12.8 Å². The molecule has 0 amide bonds. The Hall–Kier alpha value is -1.10. The summed E-state index contributed by atoms with van der Waals surface area (Å²) >= 11 is 0. The Labute approximate surface area is 89.6 Å². The van der Waals surface area contributed by atoms with E-state index < -0.39 is 0 Å². The second kappa shape index (κ2) is 4.18. The fourth-order valence-electron chi connectivity index (χ4n) is 1.74. The maximum Gasteiger partial charge on any atom is 0.318 e. The van der Waals surface area contributed by atoms with E-state index >= 15 is 0 Å². The van der Waals surface area contributed by atoms with Gasteiger partial charge >= 0.3 is 6.01 Å². The molecule has 1 aliphatic heterocycles. The summed E-state index contributed by atoms with van der Waals surface area (Å²) in [5, 5.41) is 7.94. The summed E-state index contributed by atoms with van der Waals surface area (Å²) in [5.74, 6) is 1.32. The summed E-state index contributed by atoms with van der Waals surface area (Å²) in [6.45, 7) is 6.12. The van der Waals surface area contributed by atoms with E-state index in [0.29, 0.717) is 11.9 Å². The molecular formula is C10H18N4O. The van der Waals surface area contributed by atoms with Crippen molar-refractivity contribution in [3.05, 3.63) is 5.89 Å². The number of nitrogens with zero attached hydrogens (tertiary/aromatic N) is 3. The summed E-state index contributed by atoms with van der Waals surface area (Å²) in [7, 11) is 0. The lowest BCUT2D eigenvalue weighted by Gasteiger charge is -2.28. The van der Waals surface area contributed by atoms with Gasteiger partial charge in [0.25, 0.3) is 0 Å². The normalized spacial score (nSPS) is 20.6. The Balaban J connectivity index is 2.03. The second-order valence-electron chi connectivity index (χ2n) is 4.38. The van der Waals surface area contributed by atoms with Gasteiger partial charge in [-0.05, 0) is 25.7 Å². The zero-order valence-corrected chi connectivity index (χ0v) is 9.31. The smallest absolute Gasteiger partial charge is 0.318 e. The molecule has 1 unspecified atom stereocenters. The summed E-state index contributed by atoms with van der Waals surface area (Å²) in [4.78, 5) is 2.14. The molecule has 0 aliphatic carbocycles. The monoisotopic (exact) mass is 210 g/mol. The van der Waals surface area contributed by atoms with E-state index in [-0.39, 0.29) is 6.04 Å². The van der Waals surface area contributed by atoms with Gasteiger partial charge in [0.15, 0.2) is 0 Å². The minimum absolute atomic E-state index is 0.185. The van der Waals surface area contributed by atoms with E-state index in [9.17, 15) is 0 Å². The maximum absolute atomic E-state index is 5.66. The van der Waals surface area contributed by atoms with Crippen LogP contribution in [0.25, 0.3) is 0 Å². The molecule has 2 rings (SSSR count). The number of rotatable bonds is 2. The number of hydrogen-bond acceptors (Lipinski definition) is 5. The highest BCUT2D eigenvalue weighted by Crippen LogP contribution is 2.22.